The summed E-state index contributed by atoms with van der Waals surface area (Å²) in [5.41, 5.74) is 1.15. The molecule has 1 aromatic carbocycles. The SMILES string of the molecule is CCc1ccc(O)c(NC(=O)C(C)(C)C2CCCNC2)c1. The highest BCUT2D eigenvalue weighted by molar-refractivity contribution is 5.96. The van der Waals surface area contributed by atoms with E-state index in [0.717, 1.165) is 37.9 Å². The Bertz CT molecular complexity index is 506. The number of amides is 1. The van der Waals surface area contributed by atoms with Crippen LogP contribution in [0.25, 0.3) is 0 Å². The fourth-order valence-corrected chi connectivity index (χ4v) is 2.84. The number of hydrogen-bond donors (Lipinski definition) is 3. The number of nitrogens with one attached hydrogen (secondary N) is 2. The normalized spacial score (nSPS) is 19.3. The molecule has 1 amide bonds. The van der Waals surface area contributed by atoms with E-state index in [9.17, 15) is 9.90 Å². The molecular weight excluding hydrogens is 264 g/mol. The Labute approximate surface area is 126 Å². The van der Waals surface area contributed by atoms with Gasteiger partial charge in [0.25, 0.3) is 0 Å². The van der Waals surface area contributed by atoms with E-state index >= 15 is 0 Å². The lowest BCUT2D eigenvalue weighted by atomic mass is 9.74. The van der Waals surface area contributed by atoms with Crippen LogP contribution in [0.1, 0.15) is 39.2 Å². The summed E-state index contributed by atoms with van der Waals surface area (Å²) >= 11 is 0. The minimum absolute atomic E-state index is 0.0280. The lowest BCUT2D eigenvalue weighted by Gasteiger charge is -2.36. The molecule has 0 aliphatic carbocycles. The molecule has 0 aromatic heterocycles. The van der Waals surface area contributed by atoms with Crippen molar-refractivity contribution >= 4 is 11.6 Å². The molecule has 4 nitrogen and oxygen atoms in total. The van der Waals surface area contributed by atoms with Crippen LogP contribution in [0.2, 0.25) is 0 Å². The Kier molecular flexibility index (Phi) is 4.88. The van der Waals surface area contributed by atoms with Crippen molar-refractivity contribution in [2.45, 2.75) is 40.0 Å². The van der Waals surface area contributed by atoms with E-state index in [1.165, 1.54) is 0 Å². The van der Waals surface area contributed by atoms with Gasteiger partial charge >= 0.3 is 0 Å². The van der Waals surface area contributed by atoms with E-state index in [4.69, 9.17) is 0 Å². The minimum Gasteiger partial charge on any atom is -0.506 e. The van der Waals surface area contributed by atoms with Gasteiger partial charge in [-0.15, -0.1) is 0 Å². The maximum atomic E-state index is 12.6. The number of carbonyl (C=O) groups is 1. The van der Waals surface area contributed by atoms with E-state index in [-0.39, 0.29) is 11.7 Å². The molecular formula is C17H26N2O2. The third-order valence-electron chi connectivity index (χ3n) is 4.62. The second-order valence-electron chi connectivity index (χ2n) is 6.42. The molecule has 2 rings (SSSR count). The Balaban J connectivity index is 2.12. The van der Waals surface area contributed by atoms with Crippen molar-refractivity contribution in [3.05, 3.63) is 23.8 Å². The molecule has 21 heavy (non-hydrogen) atoms. The number of carbonyl (C=O) groups excluding carboxylic acids is 1. The Morgan fingerprint density at radius 2 is 2.24 bits per heavy atom. The van der Waals surface area contributed by atoms with E-state index in [0.29, 0.717) is 11.6 Å². The number of piperidine rings is 1. The van der Waals surface area contributed by atoms with Crippen molar-refractivity contribution in [1.82, 2.24) is 5.32 Å². The molecule has 0 bridgehead atoms. The molecule has 4 heteroatoms. The number of rotatable bonds is 4. The highest BCUT2D eigenvalue weighted by Crippen LogP contribution is 2.34. The highest BCUT2D eigenvalue weighted by Gasteiger charge is 2.37. The van der Waals surface area contributed by atoms with Crippen LogP contribution in [0.15, 0.2) is 18.2 Å². The van der Waals surface area contributed by atoms with Crippen molar-refractivity contribution in [3.63, 3.8) is 0 Å². The van der Waals surface area contributed by atoms with Crippen molar-refractivity contribution in [2.24, 2.45) is 11.3 Å². The summed E-state index contributed by atoms with van der Waals surface area (Å²) in [6.45, 7) is 7.94. The summed E-state index contributed by atoms with van der Waals surface area (Å²) in [4.78, 5) is 12.6. The predicted molar refractivity (Wildman–Crippen MR) is 85.5 cm³/mol. The number of hydrogen-bond acceptors (Lipinski definition) is 3. The van der Waals surface area contributed by atoms with E-state index in [1.54, 1.807) is 6.07 Å². The van der Waals surface area contributed by atoms with Gasteiger partial charge < -0.3 is 15.7 Å². The number of anilines is 1. The van der Waals surface area contributed by atoms with Gasteiger partial charge in [0.05, 0.1) is 5.69 Å². The number of aryl methyl sites for hydroxylation is 1. The number of benzene rings is 1. The molecule has 1 fully saturated rings. The molecule has 116 valence electrons. The van der Waals surface area contributed by atoms with Crippen molar-refractivity contribution in [2.75, 3.05) is 18.4 Å². The molecule has 1 aromatic rings. The van der Waals surface area contributed by atoms with Gasteiger partial charge in [-0.2, -0.15) is 0 Å². The van der Waals surface area contributed by atoms with Gasteiger partial charge in [0.1, 0.15) is 5.75 Å². The van der Waals surface area contributed by atoms with Crippen LogP contribution in [-0.4, -0.2) is 24.1 Å². The molecule has 1 atom stereocenters. The van der Waals surface area contributed by atoms with E-state index in [1.807, 2.05) is 26.0 Å². The smallest absolute Gasteiger partial charge is 0.230 e. The molecule has 1 unspecified atom stereocenters. The van der Waals surface area contributed by atoms with E-state index < -0.39 is 5.41 Å². The second-order valence-corrected chi connectivity index (χ2v) is 6.42. The first kappa shape index (κ1) is 15.8. The number of aromatic hydroxyl groups is 1. The molecule has 1 aliphatic rings. The zero-order valence-corrected chi connectivity index (χ0v) is 13.2. The standard InChI is InChI=1S/C17H26N2O2/c1-4-12-7-8-15(20)14(10-12)19-16(21)17(2,3)13-6-5-9-18-11-13/h7-8,10,13,18,20H,4-6,9,11H2,1-3H3,(H,19,21). The average Bonchev–Trinajstić information content (AvgIpc) is 2.50. The average molecular weight is 290 g/mol. The van der Waals surface area contributed by atoms with Gasteiger partial charge in [0.15, 0.2) is 0 Å². The minimum atomic E-state index is -0.456. The molecule has 3 N–H and O–H groups in total. The largest absolute Gasteiger partial charge is 0.506 e. The summed E-state index contributed by atoms with van der Waals surface area (Å²) in [6, 6.07) is 5.37. The first-order valence-electron chi connectivity index (χ1n) is 7.79. The predicted octanol–water partition coefficient (Wildman–Crippen LogP) is 2.92. The van der Waals surface area contributed by atoms with Gasteiger partial charge in [-0.3, -0.25) is 4.79 Å². The van der Waals surface area contributed by atoms with Crippen LogP contribution >= 0.6 is 0 Å². The summed E-state index contributed by atoms with van der Waals surface area (Å²) in [7, 11) is 0. The zero-order chi connectivity index (χ0) is 15.5. The fourth-order valence-electron chi connectivity index (χ4n) is 2.84. The topological polar surface area (TPSA) is 61.4 Å². The van der Waals surface area contributed by atoms with E-state index in [2.05, 4.69) is 17.6 Å². The van der Waals surface area contributed by atoms with Gasteiger partial charge in [-0.1, -0.05) is 26.8 Å². The first-order chi connectivity index (χ1) is 9.95. The van der Waals surface area contributed by atoms with Crippen molar-refractivity contribution in [3.8, 4) is 5.75 Å². The molecule has 1 aliphatic heterocycles. The van der Waals surface area contributed by atoms with Gasteiger partial charge in [0.2, 0.25) is 5.91 Å². The molecule has 0 radical (unpaired) electrons. The maximum absolute atomic E-state index is 12.6. The summed E-state index contributed by atoms with van der Waals surface area (Å²) in [5.74, 6) is 0.417. The Hall–Kier alpha value is -1.55. The molecule has 1 saturated heterocycles. The van der Waals surface area contributed by atoms with Crippen LogP contribution < -0.4 is 10.6 Å². The Morgan fingerprint density at radius 3 is 2.86 bits per heavy atom. The van der Waals surface area contributed by atoms with Gasteiger partial charge in [-0.05, 0) is 56.0 Å². The van der Waals surface area contributed by atoms with Crippen LogP contribution in [0, 0.1) is 11.3 Å². The fraction of sp³-hybridized carbons (Fsp3) is 0.588. The molecule has 0 saturated carbocycles. The quantitative estimate of drug-likeness (QED) is 0.747. The van der Waals surface area contributed by atoms with Crippen molar-refractivity contribution in [1.29, 1.82) is 0 Å². The molecule has 1 heterocycles. The summed E-state index contributed by atoms with van der Waals surface area (Å²) < 4.78 is 0. The van der Waals surface area contributed by atoms with Crippen LogP contribution in [0.3, 0.4) is 0 Å². The summed E-state index contributed by atoms with van der Waals surface area (Å²) in [5, 5.41) is 16.2. The third-order valence-corrected chi connectivity index (χ3v) is 4.62. The highest BCUT2D eigenvalue weighted by atomic mass is 16.3. The molecule has 0 spiro atoms. The van der Waals surface area contributed by atoms with Gasteiger partial charge in [0, 0.05) is 5.41 Å². The van der Waals surface area contributed by atoms with Crippen LogP contribution in [0.5, 0.6) is 5.75 Å². The Morgan fingerprint density at radius 1 is 1.48 bits per heavy atom. The number of phenols is 1. The zero-order valence-electron chi connectivity index (χ0n) is 13.2. The van der Waals surface area contributed by atoms with Crippen LogP contribution in [0.4, 0.5) is 5.69 Å². The lowest BCUT2D eigenvalue weighted by molar-refractivity contribution is -0.127. The monoisotopic (exact) mass is 290 g/mol. The maximum Gasteiger partial charge on any atom is 0.230 e. The number of phenolic OH excluding ortho intramolecular Hbond substituents is 1. The lowest BCUT2D eigenvalue weighted by Crippen LogP contribution is -2.44. The van der Waals surface area contributed by atoms with Crippen LogP contribution in [-0.2, 0) is 11.2 Å². The summed E-state index contributed by atoms with van der Waals surface area (Å²) in [6.07, 6.45) is 3.05. The van der Waals surface area contributed by atoms with Gasteiger partial charge in [-0.25, -0.2) is 0 Å². The third kappa shape index (κ3) is 3.56. The second kappa shape index (κ2) is 6.48. The first-order valence-corrected chi connectivity index (χ1v) is 7.79. The van der Waals surface area contributed by atoms with Crippen molar-refractivity contribution < 1.29 is 9.90 Å².